The van der Waals surface area contributed by atoms with Crippen LogP contribution in [0.5, 0.6) is 0 Å². The average molecular weight is 264 g/mol. The van der Waals surface area contributed by atoms with Crippen molar-refractivity contribution in [2.75, 3.05) is 5.32 Å². The lowest BCUT2D eigenvalue weighted by atomic mass is 10.3. The number of rotatable bonds is 4. The van der Waals surface area contributed by atoms with Crippen molar-refractivity contribution >= 4 is 34.4 Å². The van der Waals surface area contributed by atoms with E-state index < -0.39 is 0 Å². The molecule has 1 heterocycles. The van der Waals surface area contributed by atoms with E-state index in [0.29, 0.717) is 5.02 Å². The van der Waals surface area contributed by atoms with Gasteiger partial charge in [-0.25, -0.2) is 0 Å². The Labute approximate surface area is 109 Å². The van der Waals surface area contributed by atoms with Crippen molar-refractivity contribution in [3.05, 3.63) is 64.0 Å². The van der Waals surface area contributed by atoms with Crippen molar-refractivity contribution in [3.8, 4) is 0 Å². The summed E-state index contributed by atoms with van der Waals surface area (Å²) in [4.78, 5) is 12.4. The third kappa shape index (κ3) is 3.19. The number of thiophene rings is 1. The van der Waals surface area contributed by atoms with E-state index in [2.05, 4.69) is 5.32 Å². The molecule has 0 spiro atoms. The monoisotopic (exact) mass is 263 g/mol. The highest BCUT2D eigenvalue weighted by Crippen LogP contribution is 2.20. The van der Waals surface area contributed by atoms with Crippen molar-refractivity contribution in [1.29, 1.82) is 0 Å². The molecule has 0 aliphatic carbocycles. The maximum Gasteiger partial charge on any atom is 0.197 e. The molecular weight excluding hydrogens is 254 g/mol. The summed E-state index contributed by atoms with van der Waals surface area (Å²) in [5.41, 5.74) is 0.782. The molecule has 0 saturated carbocycles. The first kappa shape index (κ1) is 11.9. The van der Waals surface area contributed by atoms with Crippen LogP contribution < -0.4 is 5.32 Å². The highest BCUT2D eigenvalue weighted by molar-refractivity contribution is 7.12. The van der Waals surface area contributed by atoms with Crippen molar-refractivity contribution in [2.24, 2.45) is 0 Å². The second kappa shape index (κ2) is 5.66. The Kier molecular flexibility index (Phi) is 3.96. The van der Waals surface area contributed by atoms with Crippen LogP contribution in [0.4, 0.5) is 5.69 Å². The van der Waals surface area contributed by atoms with Gasteiger partial charge in [0.05, 0.1) is 15.6 Å². The molecule has 0 radical (unpaired) electrons. The Morgan fingerprint density at radius 1 is 1.24 bits per heavy atom. The Morgan fingerprint density at radius 3 is 2.76 bits per heavy atom. The lowest BCUT2D eigenvalue weighted by Gasteiger charge is -2.01. The molecule has 1 aromatic heterocycles. The number of hydrogen-bond donors (Lipinski definition) is 1. The number of allylic oxidation sites excluding steroid dienone is 1. The van der Waals surface area contributed by atoms with Gasteiger partial charge in [-0.3, -0.25) is 4.79 Å². The van der Waals surface area contributed by atoms with E-state index in [4.69, 9.17) is 11.6 Å². The standard InChI is InChI=1S/C13H10ClNOS/c14-10-4-1-2-5-11(10)15-8-7-12(16)13-6-3-9-17-13/h1-9,15H/b8-7+. The van der Waals surface area contributed by atoms with Gasteiger partial charge in [0.25, 0.3) is 0 Å². The number of ketones is 1. The first-order valence-corrected chi connectivity index (χ1v) is 6.28. The maximum atomic E-state index is 11.6. The number of benzene rings is 1. The Bertz CT molecular complexity index is 534. The van der Waals surface area contributed by atoms with E-state index >= 15 is 0 Å². The molecule has 0 aliphatic heterocycles. The van der Waals surface area contributed by atoms with Crippen LogP contribution in [0.3, 0.4) is 0 Å². The molecule has 0 atom stereocenters. The third-order valence-electron chi connectivity index (χ3n) is 2.11. The summed E-state index contributed by atoms with van der Waals surface area (Å²) in [7, 11) is 0. The van der Waals surface area contributed by atoms with Gasteiger partial charge in [0.2, 0.25) is 0 Å². The van der Waals surface area contributed by atoms with Crippen LogP contribution in [-0.4, -0.2) is 5.78 Å². The van der Waals surface area contributed by atoms with Gasteiger partial charge in [-0.05, 0) is 23.6 Å². The van der Waals surface area contributed by atoms with Crippen LogP contribution in [0.15, 0.2) is 54.1 Å². The van der Waals surface area contributed by atoms with Gasteiger partial charge in [-0.15, -0.1) is 11.3 Å². The molecule has 0 aliphatic rings. The van der Waals surface area contributed by atoms with Gasteiger partial charge in [0, 0.05) is 12.3 Å². The van der Waals surface area contributed by atoms with Crippen LogP contribution in [0, 0.1) is 0 Å². The second-order valence-electron chi connectivity index (χ2n) is 3.30. The van der Waals surface area contributed by atoms with Crippen molar-refractivity contribution in [1.82, 2.24) is 0 Å². The minimum Gasteiger partial charge on any atom is -0.360 e. The first-order chi connectivity index (χ1) is 8.27. The van der Waals surface area contributed by atoms with Crippen LogP contribution in [0.2, 0.25) is 5.02 Å². The topological polar surface area (TPSA) is 29.1 Å². The Balaban J connectivity index is 1.99. The molecule has 0 saturated heterocycles. The van der Waals surface area contributed by atoms with Crippen LogP contribution >= 0.6 is 22.9 Å². The zero-order chi connectivity index (χ0) is 12.1. The van der Waals surface area contributed by atoms with Crippen LogP contribution in [0.1, 0.15) is 9.67 Å². The average Bonchev–Trinajstić information content (AvgIpc) is 2.85. The van der Waals surface area contributed by atoms with Crippen LogP contribution in [-0.2, 0) is 0 Å². The van der Waals surface area contributed by atoms with E-state index in [-0.39, 0.29) is 5.78 Å². The maximum absolute atomic E-state index is 11.6. The quantitative estimate of drug-likeness (QED) is 0.661. The number of nitrogens with one attached hydrogen (secondary N) is 1. The predicted molar refractivity (Wildman–Crippen MR) is 72.9 cm³/mol. The minimum atomic E-state index is -0.0143. The fourth-order valence-corrected chi connectivity index (χ4v) is 2.12. The Hall–Kier alpha value is -1.58. The smallest absolute Gasteiger partial charge is 0.197 e. The fraction of sp³-hybridized carbons (Fsp3) is 0. The van der Waals surface area contributed by atoms with Gasteiger partial charge in [-0.1, -0.05) is 29.8 Å². The number of anilines is 1. The molecule has 0 bridgehead atoms. The summed E-state index contributed by atoms with van der Waals surface area (Å²) < 4.78 is 0. The highest BCUT2D eigenvalue weighted by Gasteiger charge is 2.01. The lowest BCUT2D eigenvalue weighted by Crippen LogP contribution is -1.93. The van der Waals surface area contributed by atoms with E-state index in [9.17, 15) is 4.79 Å². The molecule has 1 aromatic carbocycles. The second-order valence-corrected chi connectivity index (χ2v) is 4.65. The molecular formula is C13H10ClNOS. The zero-order valence-corrected chi connectivity index (χ0v) is 10.5. The number of carbonyl (C=O) groups is 1. The molecule has 0 fully saturated rings. The summed E-state index contributed by atoms with van der Waals surface area (Å²) in [5, 5.41) is 5.48. The van der Waals surface area contributed by atoms with Gasteiger partial charge < -0.3 is 5.32 Å². The number of carbonyl (C=O) groups excluding carboxylic acids is 1. The lowest BCUT2D eigenvalue weighted by molar-refractivity contribution is 0.105. The molecule has 0 unspecified atom stereocenters. The minimum absolute atomic E-state index is 0.0143. The summed E-state index contributed by atoms with van der Waals surface area (Å²) in [6, 6.07) is 11.0. The van der Waals surface area contributed by atoms with Gasteiger partial charge >= 0.3 is 0 Å². The summed E-state index contributed by atoms with van der Waals surface area (Å²) in [5.74, 6) is -0.0143. The van der Waals surface area contributed by atoms with Crippen molar-refractivity contribution in [2.45, 2.75) is 0 Å². The van der Waals surface area contributed by atoms with E-state index in [1.54, 1.807) is 18.3 Å². The molecule has 2 rings (SSSR count). The largest absolute Gasteiger partial charge is 0.360 e. The van der Waals surface area contributed by atoms with E-state index in [1.807, 2.05) is 29.6 Å². The number of hydrogen-bond acceptors (Lipinski definition) is 3. The molecule has 0 amide bonds. The molecule has 1 N–H and O–H groups in total. The highest BCUT2D eigenvalue weighted by atomic mass is 35.5. The molecule has 17 heavy (non-hydrogen) atoms. The SMILES string of the molecule is O=C(/C=C/Nc1ccccc1Cl)c1cccs1. The first-order valence-electron chi connectivity index (χ1n) is 5.03. The predicted octanol–water partition coefficient (Wildman–Crippen LogP) is 4.21. The third-order valence-corrected chi connectivity index (χ3v) is 3.33. The molecule has 86 valence electrons. The fourth-order valence-electron chi connectivity index (χ4n) is 1.29. The zero-order valence-electron chi connectivity index (χ0n) is 8.89. The summed E-state index contributed by atoms with van der Waals surface area (Å²) in [6.45, 7) is 0. The van der Waals surface area contributed by atoms with Crippen LogP contribution in [0.25, 0.3) is 0 Å². The summed E-state index contributed by atoms with van der Waals surface area (Å²) >= 11 is 7.39. The van der Waals surface area contributed by atoms with E-state index in [1.165, 1.54) is 17.4 Å². The van der Waals surface area contributed by atoms with Gasteiger partial charge in [0.15, 0.2) is 5.78 Å². The van der Waals surface area contributed by atoms with Crippen molar-refractivity contribution in [3.63, 3.8) is 0 Å². The van der Waals surface area contributed by atoms with Crippen molar-refractivity contribution < 1.29 is 4.79 Å². The van der Waals surface area contributed by atoms with Gasteiger partial charge in [0.1, 0.15) is 0 Å². The van der Waals surface area contributed by atoms with Gasteiger partial charge in [-0.2, -0.15) is 0 Å². The number of halogens is 1. The van der Waals surface area contributed by atoms with E-state index in [0.717, 1.165) is 10.6 Å². The molecule has 4 heteroatoms. The summed E-state index contributed by atoms with van der Waals surface area (Å²) in [6.07, 6.45) is 3.10. The number of para-hydroxylation sites is 1. The molecule has 2 nitrogen and oxygen atoms in total. The molecule has 2 aromatic rings. The normalized spacial score (nSPS) is 10.6. The Morgan fingerprint density at radius 2 is 2.06 bits per heavy atom.